The van der Waals surface area contributed by atoms with Crippen molar-refractivity contribution in [1.82, 2.24) is 4.90 Å². The summed E-state index contributed by atoms with van der Waals surface area (Å²) in [7, 11) is 0. The lowest BCUT2D eigenvalue weighted by molar-refractivity contribution is -0.116. The summed E-state index contributed by atoms with van der Waals surface area (Å²) >= 11 is 5.84. The van der Waals surface area contributed by atoms with Crippen LogP contribution in [0, 0.1) is 0 Å². The molecule has 110 valence electrons. The van der Waals surface area contributed by atoms with Crippen LogP contribution in [0.25, 0.3) is 0 Å². The molecule has 0 aromatic heterocycles. The molecule has 20 heavy (non-hydrogen) atoms. The van der Waals surface area contributed by atoms with Crippen LogP contribution in [-0.4, -0.2) is 52.9 Å². The Morgan fingerprint density at radius 2 is 2.05 bits per heavy atom. The number of nitrogens with two attached hydrogens (primary N) is 1. The maximum absolute atomic E-state index is 11.8. The summed E-state index contributed by atoms with van der Waals surface area (Å²) < 4.78 is 0. The van der Waals surface area contributed by atoms with Crippen LogP contribution in [0.2, 0.25) is 5.02 Å². The summed E-state index contributed by atoms with van der Waals surface area (Å²) in [6.45, 7) is 1.24. The number of hydrogen-bond acceptors (Lipinski definition) is 5. The average Bonchev–Trinajstić information content (AvgIpc) is 2.71. The number of carbonyl (C=O) groups is 1. The van der Waals surface area contributed by atoms with Gasteiger partial charge in [-0.1, -0.05) is 11.6 Å². The first-order chi connectivity index (χ1) is 9.45. The van der Waals surface area contributed by atoms with E-state index in [1.54, 1.807) is 18.2 Å². The summed E-state index contributed by atoms with van der Waals surface area (Å²) in [5.41, 5.74) is 6.69. The molecule has 1 amide bonds. The van der Waals surface area contributed by atoms with Crippen LogP contribution in [0.5, 0.6) is 0 Å². The van der Waals surface area contributed by atoms with E-state index in [4.69, 9.17) is 17.3 Å². The minimum atomic E-state index is -0.735. The Balaban J connectivity index is 1.82. The molecule has 1 fully saturated rings. The molecule has 1 aliphatic heterocycles. The fourth-order valence-electron chi connectivity index (χ4n) is 2.14. The largest absolute Gasteiger partial charge is 0.397 e. The van der Waals surface area contributed by atoms with Gasteiger partial charge in [-0.25, -0.2) is 0 Å². The molecule has 7 heteroatoms. The Morgan fingerprint density at radius 3 is 2.70 bits per heavy atom. The van der Waals surface area contributed by atoms with Crippen LogP contribution in [0.3, 0.4) is 0 Å². The number of nitrogens with one attached hydrogen (secondary N) is 1. The van der Waals surface area contributed by atoms with Crippen LogP contribution >= 0.6 is 11.6 Å². The number of halogens is 1. The van der Waals surface area contributed by atoms with Crippen molar-refractivity contribution in [2.75, 3.05) is 30.7 Å². The fourth-order valence-corrected chi connectivity index (χ4v) is 2.31. The minimum absolute atomic E-state index is 0.185. The van der Waals surface area contributed by atoms with Gasteiger partial charge in [0.2, 0.25) is 5.91 Å². The molecule has 1 heterocycles. The van der Waals surface area contributed by atoms with Gasteiger partial charge in [-0.3, -0.25) is 9.69 Å². The lowest BCUT2D eigenvalue weighted by Crippen LogP contribution is -2.27. The molecule has 1 aliphatic rings. The number of likely N-dealkylation sites (tertiary alicyclic amines) is 1. The molecule has 6 nitrogen and oxygen atoms in total. The Hall–Kier alpha value is -1.34. The van der Waals surface area contributed by atoms with Gasteiger partial charge in [-0.15, -0.1) is 0 Å². The number of carbonyl (C=O) groups excluding carboxylic acids is 1. The SMILES string of the molecule is Nc1ccc(Cl)cc1NC(=O)CCN1CC(O)C(O)C1. The predicted octanol–water partition coefficient (Wildman–Crippen LogP) is 0.288. The second-order valence-electron chi connectivity index (χ2n) is 4.92. The Bertz CT molecular complexity index is 488. The van der Waals surface area contributed by atoms with Gasteiger partial charge >= 0.3 is 0 Å². The molecular formula is C13H18ClN3O3. The minimum Gasteiger partial charge on any atom is -0.397 e. The van der Waals surface area contributed by atoms with Crippen LogP contribution in [0.1, 0.15) is 6.42 Å². The molecule has 2 unspecified atom stereocenters. The average molecular weight is 300 g/mol. The van der Waals surface area contributed by atoms with Gasteiger partial charge in [0.25, 0.3) is 0 Å². The standard InChI is InChI=1S/C13H18ClN3O3/c14-8-1-2-9(15)10(5-8)16-13(20)3-4-17-6-11(18)12(19)7-17/h1-2,5,11-12,18-19H,3-4,6-7,15H2,(H,16,20). The highest BCUT2D eigenvalue weighted by atomic mass is 35.5. The first-order valence-corrected chi connectivity index (χ1v) is 6.77. The summed E-state index contributed by atoms with van der Waals surface area (Å²) in [4.78, 5) is 13.7. The zero-order valence-corrected chi connectivity index (χ0v) is 11.7. The zero-order chi connectivity index (χ0) is 14.7. The van der Waals surface area contributed by atoms with E-state index in [1.165, 1.54) is 0 Å². The van der Waals surface area contributed by atoms with Crippen molar-refractivity contribution >= 4 is 28.9 Å². The van der Waals surface area contributed by atoms with E-state index in [9.17, 15) is 15.0 Å². The summed E-state index contributed by atoms with van der Waals surface area (Å²) in [6.07, 6.45) is -1.21. The number of nitrogen functional groups attached to an aromatic ring is 1. The summed E-state index contributed by atoms with van der Waals surface area (Å²) in [5, 5.41) is 22.0. The number of aliphatic hydroxyl groups is 2. The molecule has 1 aromatic carbocycles. The molecule has 0 spiro atoms. The molecule has 0 aliphatic carbocycles. The molecule has 5 N–H and O–H groups in total. The third-order valence-electron chi connectivity index (χ3n) is 3.28. The predicted molar refractivity (Wildman–Crippen MR) is 77.6 cm³/mol. The number of rotatable bonds is 4. The molecule has 0 radical (unpaired) electrons. The number of nitrogens with zero attached hydrogens (tertiary/aromatic N) is 1. The van der Waals surface area contributed by atoms with Crippen molar-refractivity contribution in [1.29, 1.82) is 0 Å². The maximum Gasteiger partial charge on any atom is 0.225 e. The van der Waals surface area contributed by atoms with Crippen molar-refractivity contribution in [3.05, 3.63) is 23.2 Å². The van der Waals surface area contributed by atoms with Crippen molar-refractivity contribution < 1.29 is 15.0 Å². The number of aliphatic hydroxyl groups excluding tert-OH is 2. The number of amides is 1. The first kappa shape index (κ1) is 15.1. The van der Waals surface area contributed by atoms with Gasteiger partial charge in [-0.05, 0) is 18.2 Å². The van der Waals surface area contributed by atoms with E-state index >= 15 is 0 Å². The monoisotopic (exact) mass is 299 g/mol. The van der Waals surface area contributed by atoms with Crippen LogP contribution in [0.15, 0.2) is 18.2 Å². The highest BCUT2D eigenvalue weighted by molar-refractivity contribution is 6.31. The van der Waals surface area contributed by atoms with E-state index in [0.717, 1.165) is 0 Å². The molecule has 0 saturated carbocycles. The zero-order valence-electron chi connectivity index (χ0n) is 10.9. The lowest BCUT2D eigenvalue weighted by atomic mass is 10.2. The topological polar surface area (TPSA) is 98.8 Å². The number of β-amino-alcohol motifs (C(OH)–C–C–N with tert-alkyl or cyclic N) is 2. The van der Waals surface area contributed by atoms with Gasteiger partial charge < -0.3 is 21.3 Å². The van der Waals surface area contributed by atoms with E-state index in [-0.39, 0.29) is 12.3 Å². The number of benzene rings is 1. The van der Waals surface area contributed by atoms with Gasteiger partial charge in [0, 0.05) is 31.1 Å². The second-order valence-corrected chi connectivity index (χ2v) is 5.36. The summed E-state index contributed by atoms with van der Waals surface area (Å²) in [5.74, 6) is -0.185. The van der Waals surface area contributed by atoms with Gasteiger partial charge in [0.15, 0.2) is 0 Å². The fraction of sp³-hybridized carbons (Fsp3) is 0.462. The lowest BCUT2D eigenvalue weighted by Gasteiger charge is -2.14. The van der Waals surface area contributed by atoms with E-state index in [2.05, 4.69) is 5.32 Å². The van der Waals surface area contributed by atoms with Crippen LogP contribution < -0.4 is 11.1 Å². The summed E-state index contributed by atoms with van der Waals surface area (Å²) in [6, 6.07) is 4.88. The van der Waals surface area contributed by atoms with Crippen LogP contribution in [0.4, 0.5) is 11.4 Å². The Labute approximate surface area is 122 Å². The van der Waals surface area contributed by atoms with Crippen molar-refractivity contribution in [2.24, 2.45) is 0 Å². The van der Waals surface area contributed by atoms with E-state index in [0.29, 0.717) is 36.0 Å². The maximum atomic E-state index is 11.8. The Morgan fingerprint density at radius 1 is 1.40 bits per heavy atom. The third-order valence-corrected chi connectivity index (χ3v) is 3.51. The molecule has 1 saturated heterocycles. The quantitative estimate of drug-likeness (QED) is 0.599. The number of hydrogen-bond donors (Lipinski definition) is 4. The molecule has 2 atom stereocenters. The molecule has 1 aromatic rings. The third kappa shape index (κ3) is 3.83. The molecular weight excluding hydrogens is 282 g/mol. The van der Waals surface area contributed by atoms with Gasteiger partial charge in [0.05, 0.1) is 23.6 Å². The van der Waals surface area contributed by atoms with Gasteiger partial charge in [0.1, 0.15) is 0 Å². The second kappa shape index (κ2) is 6.41. The smallest absolute Gasteiger partial charge is 0.225 e. The molecule has 0 bridgehead atoms. The Kier molecular flexibility index (Phi) is 4.82. The van der Waals surface area contributed by atoms with E-state index < -0.39 is 12.2 Å². The highest BCUT2D eigenvalue weighted by Crippen LogP contribution is 2.23. The van der Waals surface area contributed by atoms with Gasteiger partial charge in [-0.2, -0.15) is 0 Å². The van der Waals surface area contributed by atoms with Crippen molar-refractivity contribution in [3.63, 3.8) is 0 Å². The van der Waals surface area contributed by atoms with Crippen LogP contribution in [-0.2, 0) is 4.79 Å². The normalized spacial score (nSPS) is 22.9. The van der Waals surface area contributed by atoms with E-state index in [1.807, 2.05) is 4.90 Å². The molecule has 2 rings (SSSR count). The van der Waals surface area contributed by atoms with Crippen molar-refractivity contribution in [2.45, 2.75) is 18.6 Å². The highest BCUT2D eigenvalue weighted by Gasteiger charge is 2.29. The number of anilines is 2. The first-order valence-electron chi connectivity index (χ1n) is 6.39. The van der Waals surface area contributed by atoms with Crippen molar-refractivity contribution in [3.8, 4) is 0 Å².